The average molecular weight is 399 g/mol. The molecule has 0 saturated heterocycles. The van der Waals surface area contributed by atoms with E-state index in [1.54, 1.807) is 0 Å². The lowest BCUT2D eigenvalue weighted by atomic mass is 9.96. The van der Waals surface area contributed by atoms with Gasteiger partial charge in [-0.2, -0.15) is 0 Å². The van der Waals surface area contributed by atoms with Crippen LogP contribution in [0.5, 0.6) is 5.75 Å². The van der Waals surface area contributed by atoms with E-state index >= 15 is 0 Å². The van der Waals surface area contributed by atoms with E-state index in [2.05, 4.69) is 65.1 Å². The van der Waals surface area contributed by atoms with E-state index in [1.807, 2.05) is 30.3 Å². The summed E-state index contributed by atoms with van der Waals surface area (Å²) in [6.07, 6.45) is 1.85. The van der Waals surface area contributed by atoms with Crippen LogP contribution in [0.1, 0.15) is 29.5 Å². The Balaban J connectivity index is 1.21. The number of para-hydroxylation sites is 1. The lowest BCUT2D eigenvalue weighted by Gasteiger charge is -2.27. The average Bonchev–Trinajstić information content (AvgIpc) is 3.54. The van der Waals surface area contributed by atoms with E-state index in [9.17, 15) is 0 Å². The third-order valence-electron chi connectivity index (χ3n) is 5.88. The normalized spacial score (nSPS) is 22.7. The molecule has 5 rings (SSSR count). The van der Waals surface area contributed by atoms with Crippen LogP contribution >= 0.6 is 0 Å². The van der Waals surface area contributed by atoms with Crippen molar-refractivity contribution in [2.24, 2.45) is 11.1 Å². The van der Waals surface area contributed by atoms with Crippen molar-refractivity contribution >= 4 is 5.71 Å². The van der Waals surface area contributed by atoms with Gasteiger partial charge in [-0.3, -0.25) is 0 Å². The molecule has 0 spiro atoms. The third-order valence-corrected chi connectivity index (χ3v) is 5.88. The molecule has 0 amide bonds. The van der Waals surface area contributed by atoms with Crippen molar-refractivity contribution in [3.63, 3.8) is 0 Å². The summed E-state index contributed by atoms with van der Waals surface area (Å²) in [5.41, 5.74) is 4.27. The fourth-order valence-corrected chi connectivity index (χ4v) is 4.24. The standard InChI is InChI=1S/C26H26N2O2/c1-3-10-20(11-4-1)19-27-16-9-17-29-28-25-22-14-7-8-15-24(22)30-26(18-23(25)26)21-12-5-2-6-13-21/h1-8,10-15,23,27H,9,16-19H2. The van der Waals surface area contributed by atoms with E-state index in [-0.39, 0.29) is 11.5 Å². The first kappa shape index (κ1) is 18.9. The first-order chi connectivity index (χ1) is 14.9. The highest BCUT2D eigenvalue weighted by molar-refractivity contribution is 6.08. The fourth-order valence-electron chi connectivity index (χ4n) is 4.24. The molecular formula is C26H26N2O2. The summed E-state index contributed by atoms with van der Waals surface area (Å²) in [7, 11) is 0. The van der Waals surface area contributed by atoms with E-state index < -0.39 is 0 Å². The van der Waals surface area contributed by atoms with Crippen LogP contribution < -0.4 is 10.1 Å². The topological polar surface area (TPSA) is 42.8 Å². The van der Waals surface area contributed by atoms with Crippen molar-refractivity contribution in [2.75, 3.05) is 13.2 Å². The minimum atomic E-state index is -0.297. The number of ether oxygens (including phenoxy) is 1. The largest absolute Gasteiger partial charge is 0.481 e. The second-order valence-corrected chi connectivity index (χ2v) is 7.94. The smallest absolute Gasteiger partial charge is 0.143 e. The van der Waals surface area contributed by atoms with E-state index in [0.717, 1.165) is 43.0 Å². The number of hydrogen-bond acceptors (Lipinski definition) is 4. The minimum absolute atomic E-state index is 0.242. The van der Waals surface area contributed by atoms with Crippen LogP contribution in [0.3, 0.4) is 0 Å². The molecule has 1 saturated carbocycles. The fraction of sp³-hybridized carbons (Fsp3) is 0.269. The molecule has 0 bridgehead atoms. The number of oxime groups is 1. The van der Waals surface area contributed by atoms with Crippen molar-refractivity contribution in [2.45, 2.75) is 25.0 Å². The van der Waals surface area contributed by atoms with Gasteiger partial charge in [0.05, 0.1) is 11.6 Å². The highest BCUT2D eigenvalue weighted by atomic mass is 16.6. The van der Waals surface area contributed by atoms with Crippen molar-refractivity contribution < 1.29 is 9.57 Å². The molecule has 4 nitrogen and oxygen atoms in total. The van der Waals surface area contributed by atoms with Crippen LogP contribution in [0, 0.1) is 5.92 Å². The second-order valence-electron chi connectivity index (χ2n) is 7.94. The predicted molar refractivity (Wildman–Crippen MR) is 119 cm³/mol. The molecule has 2 unspecified atom stereocenters. The Morgan fingerprint density at radius 2 is 1.67 bits per heavy atom. The lowest BCUT2D eigenvalue weighted by molar-refractivity contribution is 0.134. The molecule has 3 aromatic carbocycles. The Labute approximate surface area is 177 Å². The number of fused-ring (bicyclic) bond motifs is 2. The van der Waals surface area contributed by atoms with Gasteiger partial charge in [-0.15, -0.1) is 0 Å². The molecule has 152 valence electrons. The number of nitrogens with zero attached hydrogens (tertiary/aromatic N) is 1. The summed E-state index contributed by atoms with van der Waals surface area (Å²) in [4.78, 5) is 5.75. The summed E-state index contributed by atoms with van der Waals surface area (Å²) in [6, 6.07) is 29.0. The molecule has 4 heteroatoms. The molecule has 0 aromatic heterocycles. The van der Waals surface area contributed by atoms with Crippen LogP contribution in [0.25, 0.3) is 0 Å². The summed E-state index contributed by atoms with van der Waals surface area (Å²) >= 11 is 0. The maximum Gasteiger partial charge on any atom is 0.143 e. The van der Waals surface area contributed by atoms with Gasteiger partial charge in [0.15, 0.2) is 0 Å². The Morgan fingerprint density at radius 1 is 0.933 bits per heavy atom. The van der Waals surface area contributed by atoms with Gasteiger partial charge < -0.3 is 14.9 Å². The minimum Gasteiger partial charge on any atom is -0.481 e. The molecule has 3 aromatic rings. The zero-order valence-electron chi connectivity index (χ0n) is 17.0. The van der Waals surface area contributed by atoms with E-state index in [4.69, 9.17) is 9.57 Å². The van der Waals surface area contributed by atoms with E-state index in [0.29, 0.717) is 6.61 Å². The van der Waals surface area contributed by atoms with Crippen LogP contribution in [0.15, 0.2) is 90.1 Å². The number of rotatable bonds is 8. The van der Waals surface area contributed by atoms with Gasteiger partial charge in [0.25, 0.3) is 0 Å². The van der Waals surface area contributed by atoms with Crippen LogP contribution in [-0.4, -0.2) is 18.9 Å². The molecule has 1 heterocycles. The first-order valence-electron chi connectivity index (χ1n) is 10.7. The maximum atomic E-state index is 6.46. The van der Waals surface area contributed by atoms with Crippen LogP contribution in [0.4, 0.5) is 0 Å². The Bertz CT molecular complexity index is 1020. The predicted octanol–water partition coefficient (Wildman–Crippen LogP) is 4.90. The molecule has 30 heavy (non-hydrogen) atoms. The molecule has 1 aliphatic carbocycles. The van der Waals surface area contributed by atoms with Gasteiger partial charge in [-0.25, -0.2) is 0 Å². The highest BCUT2D eigenvalue weighted by Crippen LogP contribution is 2.60. The van der Waals surface area contributed by atoms with Crippen molar-refractivity contribution in [1.29, 1.82) is 0 Å². The molecule has 1 N–H and O–H groups in total. The number of benzene rings is 3. The monoisotopic (exact) mass is 398 g/mol. The lowest BCUT2D eigenvalue weighted by Crippen LogP contribution is -2.28. The Kier molecular flexibility index (Phi) is 5.24. The second kappa shape index (κ2) is 8.33. The van der Waals surface area contributed by atoms with E-state index in [1.165, 1.54) is 11.1 Å². The maximum absolute atomic E-state index is 6.46. The van der Waals surface area contributed by atoms with Gasteiger partial charge >= 0.3 is 0 Å². The highest BCUT2D eigenvalue weighted by Gasteiger charge is 2.64. The Hall–Kier alpha value is -3.11. The van der Waals surface area contributed by atoms with Gasteiger partial charge in [-0.05, 0) is 36.2 Å². The SMILES string of the molecule is c1ccc(CNCCCON=C2c3ccccc3OC3(c4ccccc4)CC23)cc1. The van der Waals surface area contributed by atoms with Gasteiger partial charge in [0, 0.05) is 18.5 Å². The number of hydrogen-bond donors (Lipinski definition) is 1. The molecule has 1 aliphatic heterocycles. The summed E-state index contributed by atoms with van der Waals surface area (Å²) in [5, 5.41) is 8.03. The number of nitrogens with one attached hydrogen (secondary N) is 1. The van der Waals surface area contributed by atoms with Gasteiger partial charge in [0.1, 0.15) is 18.0 Å². The van der Waals surface area contributed by atoms with Gasteiger partial charge in [0.2, 0.25) is 0 Å². The summed E-state index contributed by atoms with van der Waals surface area (Å²) in [6.45, 7) is 2.37. The first-order valence-corrected chi connectivity index (χ1v) is 10.7. The van der Waals surface area contributed by atoms with Crippen molar-refractivity contribution in [1.82, 2.24) is 5.32 Å². The quantitative estimate of drug-likeness (QED) is 0.434. The molecule has 2 atom stereocenters. The summed E-state index contributed by atoms with van der Waals surface area (Å²) < 4.78 is 6.46. The zero-order valence-corrected chi connectivity index (χ0v) is 17.0. The van der Waals surface area contributed by atoms with Gasteiger partial charge in [-0.1, -0.05) is 78.0 Å². The molecule has 1 fully saturated rings. The third kappa shape index (κ3) is 3.71. The molecule has 2 aliphatic rings. The van der Waals surface area contributed by atoms with Crippen molar-refractivity contribution in [3.8, 4) is 5.75 Å². The molecular weight excluding hydrogens is 372 g/mol. The van der Waals surface area contributed by atoms with Crippen molar-refractivity contribution in [3.05, 3.63) is 102 Å². The molecule has 0 radical (unpaired) electrons. The van der Waals surface area contributed by atoms with Crippen LogP contribution in [-0.2, 0) is 17.0 Å². The Morgan fingerprint density at radius 3 is 2.50 bits per heavy atom. The van der Waals surface area contributed by atoms with Crippen LogP contribution in [0.2, 0.25) is 0 Å². The zero-order chi connectivity index (χ0) is 20.2. The summed E-state index contributed by atoms with van der Waals surface area (Å²) in [5.74, 6) is 1.13.